The average molecular weight is 161 g/mol. The first-order chi connectivity index (χ1) is 5.29. The van der Waals surface area contributed by atoms with E-state index < -0.39 is 0 Å². The predicted molar refractivity (Wildman–Crippen MR) is 51.6 cm³/mol. The second kappa shape index (κ2) is 9.47. The summed E-state index contributed by atoms with van der Waals surface area (Å²) in [5.74, 6) is 0.201. The van der Waals surface area contributed by atoms with Crippen molar-refractivity contribution in [2.75, 3.05) is 0 Å². The monoisotopic (exact) mass is 161 g/mol. The maximum atomic E-state index is 10.3. The van der Waals surface area contributed by atoms with Gasteiger partial charge in [-0.25, -0.2) is 0 Å². The number of carbonyl (C=O) groups excluding carboxylic acids is 1. The average Bonchev–Trinajstić information content (AvgIpc) is 2.43. The minimum atomic E-state index is 0. The molecule has 0 aromatic heterocycles. The standard InChI is InChI=1S/C5H9NO.2C2H6.H2/c1-4-2-3-5(7)6-4;2*1-2;/h4H,2-3H2,1H3,(H,6,7);2*1-2H3;1H. The van der Waals surface area contributed by atoms with Crippen LogP contribution < -0.4 is 5.32 Å². The van der Waals surface area contributed by atoms with Crippen LogP contribution in [0.4, 0.5) is 0 Å². The smallest absolute Gasteiger partial charge is 0.220 e. The van der Waals surface area contributed by atoms with Crippen molar-refractivity contribution in [3.05, 3.63) is 0 Å². The Morgan fingerprint density at radius 2 is 1.82 bits per heavy atom. The van der Waals surface area contributed by atoms with E-state index in [-0.39, 0.29) is 7.33 Å². The molecule has 1 rings (SSSR count). The highest BCUT2D eigenvalue weighted by Gasteiger charge is 2.14. The summed E-state index contributed by atoms with van der Waals surface area (Å²) in [5, 5.41) is 2.78. The molecule has 0 saturated carbocycles. The molecule has 0 aromatic carbocycles. The van der Waals surface area contributed by atoms with Crippen molar-refractivity contribution >= 4 is 5.91 Å². The van der Waals surface area contributed by atoms with Gasteiger partial charge in [-0.15, -0.1) is 0 Å². The van der Waals surface area contributed by atoms with Crippen molar-refractivity contribution < 1.29 is 6.22 Å². The van der Waals surface area contributed by atoms with Gasteiger partial charge < -0.3 is 5.32 Å². The summed E-state index contributed by atoms with van der Waals surface area (Å²) in [5.41, 5.74) is 0. The lowest BCUT2D eigenvalue weighted by molar-refractivity contribution is -0.119. The highest BCUT2D eigenvalue weighted by Crippen LogP contribution is 2.03. The second-order valence-corrected chi connectivity index (χ2v) is 2.01. The molecule has 0 aliphatic carbocycles. The zero-order chi connectivity index (χ0) is 9.28. The van der Waals surface area contributed by atoms with Gasteiger partial charge in [-0.3, -0.25) is 4.79 Å². The van der Waals surface area contributed by atoms with E-state index in [2.05, 4.69) is 5.32 Å². The summed E-state index contributed by atoms with van der Waals surface area (Å²) < 4.78 is 0. The summed E-state index contributed by atoms with van der Waals surface area (Å²) in [7, 11) is 0. The molecule has 1 amide bonds. The molecule has 11 heavy (non-hydrogen) atoms. The maximum absolute atomic E-state index is 10.3. The van der Waals surface area contributed by atoms with E-state index in [1.165, 1.54) is 0 Å². The molecular formula is C9H23NO. The molecule has 2 heteroatoms. The van der Waals surface area contributed by atoms with Gasteiger partial charge in [0, 0.05) is 13.9 Å². The van der Waals surface area contributed by atoms with Gasteiger partial charge in [0.05, 0.1) is 0 Å². The number of hydrogen-bond acceptors (Lipinski definition) is 1. The summed E-state index contributed by atoms with van der Waals surface area (Å²) in [6.45, 7) is 10.0. The zero-order valence-electron chi connectivity index (χ0n) is 8.40. The molecule has 1 N–H and O–H groups in total. The van der Waals surface area contributed by atoms with Gasteiger partial charge >= 0.3 is 0 Å². The first kappa shape index (κ1) is 13.1. The van der Waals surface area contributed by atoms with Crippen LogP contribution in [0.1, 0.15) is 48.9 Å². The molecule has 1 unspecified atom stereocenters. The number of carbonyl (C=O) groups is 1. The minimum absolute atomic E-state index is 0. The predicted octanol–water partition coefficient (Wildman–Crippen LogP) is 2.58. The number of hydrogen-bond donors (Lipinski definition) is 1. The quantitative estimate of drug-likeness (QED) is 0.581. The normalized spacial score (nSPS) is 20.5. The Morgan fingerprint density at radius 1 is 1.36 bits per heavy atom. The molecule has 2 nitrogen and oxygen atoms in total. The van der Waals surface area contributed by atoms with Gasteiger partial charge in [0.15, 0.2) is 0 Å². The summed E-state index contributed by atoms with van der Waals surface area (Å²) >= 11 is 0. The minimum Gasteiger partial charge on any atom is -0.354 e. The third-order valence-corrected chi connectivity index (χ3v) is 1.21. The van der Waals surface area contributed by atoms with Gasteiger partial charge in [-0.05, 0) is 13.3 Å². The lowest BCUT2D eigenvalue weighted by Gasteiger charge is -1.95. The summed E-state index contributed by atoms with van der Waals surface area (Å²) in [6, 6.07) is 0.424. The van der Waals surface area contributed by atoms with Gasteiger partial charge in [-0.2, -0.15) is 0 Å². The lowest BCUT2D eigenvalue weighted by Crippen LogP contribution is -2.21. The third kappa shape index (κ3) is 7.37. The Morgan fingerprint density at radius 3 is 1.91 bits per heavy atom. The summed E-state index contributed by atoms with van der Waals surface area (Å²) in [4.78, 5) is 10.3. The fraction of sp³-hybridized carbons (Fsp3) is 0.889. The maximum Gasteiger partial charge on any atom is 0.220 e. The van der Waals surface area contributed by atoms with E-state index >= 15 is 0 Å². The Balaban J connectivity index is -0.000000144. The molecule has 1 atom stereocenters. The van der Waals surface area contributed by atoms with Crippen LogP contribution in [-0.2, 0) is 4.79 Å². The van der Waals surface area contributed by atoms with Crippen molar-refractivity contribution in [3.8, 4) is 0 Å². The van der Waals surface area contributed by atoms with Crippen molar-refractivity contribution in [2.45, 2.75) is 53.5 Å². The van der Waals surface area contributed by atoms with E-state index in [1.54, 1.807) is 0 Å². The van der Waals surface area contributed by atoms with Crippen molar-refractivity contribution in [1.29, 1.82) is 0 Å². The molecule has 1 aliphatic heterocycles. The Hall–Kier alpha value is -0.530. The fourth-order valence-electron chi connectivity index (χ4n) is 0.767. The Labute approximate surface area is 71.9 Å². The number of amides is 1. The van der Waals surface area contributed by atoms with Crippen LogP contribution in [0, 0.1) is 0 Å². The van der Waals surface area contributed by atoms with Crippen LogP contribution in [0.5, 0.6) is 0 Å². The number of rotatable bonds is 0. The van der Waals surface area contributed by atoms with E-state index in [1.807, 2.05) is 34.6 Å². The Bertz CT molecular complexity index is 96.5. The molecule has 0 radical (unpaired) electrons. The van der Waals surface area contributed by atoms with Gasteiger partial charge in [0.2, 0.25) is 5.91 Å². The van der Waals surface area contributed by atoms with E-state index in [0.29, 0.717) is 6.04 Å². The fourth-order valence-corrected chi connectivity index (χ4v) is 0.767. The topological polar surface area (TPSA) is 29.1 Å². The molecule has 1 saturated heterocycles. The molecule has 0 bridgehead atoms. The van der Waals surface area contributed by atoms with Crippen LogP contribution >= 0.6 is 0 Å². The first-order valence-corrected chi connectivity index (χ1v) is 4.58. The third-order valence-electron chi connectivity index (χ3n) is 1.21. The molecule has 1 fully saturated rings. The highest BCUT2D eigenvalue weighted by atomic mass is 16.1. The lowest BCUT2D eigenvalue weighted by atomic mass is 10.3. The van der Waals surface area contributed by atoms with Crippen LogP contribution in [0.15, 0.2) is 0 Å². The van der Waals surface area contributed by atoms with Crippen LogP contribution in [-0.4, -0.2) is 11.9 Å². The van der Waals surface area contributed by atoms with Gasteiger partial charge in [0.25, 0.3) is 0 Å². The van der Waals surface area contributed by atoms with Crippen molar-refractivity contribution in [3.63, 3.8) is 0 Å². The molecule has 70 valence electrons. The van der Waals surface area contributed by atoms with Crippen molar-refractivity contribution in [2.24, 2.45) is 0 Å². The highest BCUT2D eigenvalue weighted by molar-refractivity contribution is 5.78. The molecule has 0 spiro atoms. The molecule has 1 heterocycles. The number of nitrogens with one attached hydrogen (secondary N) is 1. The van der Waals surface area contributed by atoms with E-state index in [9.17, 15) is 4.79 Å². The molecular weight excluding hydrogens is 138 g/mol. The van der Waals surface area contributed by atoms with Crippen LogP contribution in [0.2, 0.25) is 0 Å². The van der Waals surface area contributed by atoms with Crippen LogP contribution in [0.3, 0.4) is 0 Å². The van der Waals surface area contributed by atoms with E-state index in [0.717, 1.165) is 12.8 Å². The summed E-state index contributed by atoms with van der Waals surface area (Å²) in [6.07, 6.45) is 1.74. The van der Waals surface area contributed by atoms with Gasteiger partial charge in [0.1, 0.15) is 0 Å². The SMILES string of the molecule is CC.CC.CC1CCC(=O)N1.[HH]. The molecule has 1 aliphatic rings. The molecule has 0 aromatic rings. The van der Waals surface area contributed by atoms with Gasteiger partial charge in [-0.1, -0.05) is 27.7 Å². The van der Waals surface area contributed by atoms with Crippen LogP contribution in [0.25, 0.3) is 0 Å². The van der Waals surface area contributed by atoms with E-state index in [4.69, 9.17) is 0 Å². The Kier molecular flexibility index (Phi) is 11.3. The second-order valence-electron chi connectivity index (χ2n) is 2.01. The first-order valence-electron chi connectivity index (χ1n) is 4.58. The van der Waals surface area contributed by atoms with Crippen molar-refractivity contribution in [1.82, 2.24) is 5.32 Å². The zero-order valence-corrected chi connectivity index (χ0v) is 8.40. The largest absolute Gasteiger partial charge is 0.354 e.